The van der Waals surface area contributed by atoms with Gasteiger partial charge in [-0.15, -0.1) is 0 Å². The number of amides is 2. The molecule has 0 aliphatic carbocycles. The van der Waals surface area contributed by atoms with Gasteiger partial charge in [0.1, 0.15) is 0 Å². The van der Waals surface area contributed by atoms with Crippen molar-refractivity contribution < 1.29 is 4.79 Å². The van der Waals surface area contributed by atoms with E-state index in [1.807, 2.05) is 60.7 Å². The van der Waals surface area contributed by atoms with Crippen molar-refractivity contribution in [1.29, 1.82) is 0 Å². The molecule has 0 radical (unpaired) electrons. The van der Waals surface area contributed by atoms with Gasteiger partial charge >= 0.3 is 6.03 Å². The molecule has 3 heteroatoms. The Kier molecular flexibility index (Phi) is 4.89. The Morgan fingerprint density at radius 1 is 0.826 bits per heavy atom. The van der Waals surface area contributed by atoms with Crippen molar-refractivity contribution in [2.24, 2.45) is 0 Å². The molecule has 23 heavy (non-hydrogen) atoms. The van der Waals surface area contributed by atoms with Gasteiger partial charge in [-0.1, -0.05) is 66.7 Å². The molecule has 0 aromatic heterocycles. The van der Waals surface area contributed by atoms with Crippen LogP contribution >= 0.6 is 0 Å². The number of aryl methyl sites for hydroxylation is 1. The number of benzene rings is 3. The van der Waals surface area contributed by atoms with E-state index >= 15 is 0 Å². The Hall–Kier alpha value is -2.81. The van der Waals surface area contributed by atoms with Gasteiger partial charge in [-0.3, -0.25) is 0 Å². The van der Waals surface area contributed by atoms with Crippen molar-refractivity contribution in [2.75, 3.05) is 11.9 Å². The summed E-state index contributed by atoms with van der Waals surface area (Å²) in [5, 5.41) is 8.02. The largest absolute Gasteiger partial charge is 0.338 e. The van der Waals surface area contributed by atoms with E-state index in [4.69, 9.17) is 0 Å². The molecule has 3 rings (SSSR count). The van der Waals surface area contributed by atoms with Crippen LogP contribution in [0.1, 0.15) is 12.0 Å². The van der Waals surface area contributed by atoms with Gasteiger partial charge in [0.25, 0.3) is 0 Å². The monoisotopic (exact) mass is 304 g/mol. The minimum absolute atomic E-state index is 0.158. The lowest BCUT2D eigenvalue weighted by Crippen LogP contribution is -2.29. The van der Waals surface area contributed by atoms with E-state index in [0.717, 1.165) is 29.3 Å². The zero-order chi connectivity index (χ0) is 15.9. The SMILES string of the molecule is O=C(NCCCc1ccccc1)Nc1cccc2ccccc12. The second kappa shape index (κ2) is 7.45. The van der Waals surface area contributed by atoms with Crippen LogP contribution in [0.2, 0.25) is 0 Å². The summed E-state index contributed by atoms with van der Waals surface area (Å²) in [4.78, 5) is 12.0. The third-order valence-electron chi connectivity index (χ3n) is 3.81. The Morgan fingerprint density at radius 3 is 2.43 bits per heavy atom. The third-order valence-corrected chi connectivity index (χ3v) is 3.81. The van der Waals surface area contributed by atoms with Crippen LogP contribution in [-0.4, -0.2) is 12.6 Å². The molecule has 3 aromatic carbocycles. The van der Waals surface area contributed by atoms with Gasteiger partial charge in [-0.05, 0) is 29.9 Å². The standard InChI is InChI=1S/C20H20N2O/c23-20(21-15-7-10-16-8-2-1-3-9-16)22-19-14-6-12-17-11-4-5-13-18(17)19/h1-6,8-9,11-14H,7,10,15H2,(H2,21,22,23). The molecular weight excluding hydrogens is 284 g/mol. The fraction of sp³-hybridized carbons (Fsp3) is 0.150. The Balaban J connectivity index is 1.51. The first-order valence-corrected chi connectivity index (χ1v) is 7.89. The topological polar surface area (TPSA) is 41.1 Å². The minimum atomic E-state index is -0.158. The van der Waals surface area contributed by atoms with Crippen LogP contribution in [0.5, 0.6) is 0 Å². The number of rotatable bonds is 5. The summed E-state index contributed by atoms with van der Waals surface area (Å²) >= 11 is 0. The van der Waals surface area contributed by atoms with Crippen molar-refractivity contribution in [3.8, 4) is 0 Å². The van der Waals surface area contributed by atoms with Crippen molar-refractivity contribution >= 4 is 22.5 Å². The molecule has 0 spiro atoms. The fourth-order valence-corrected chi connectivity index (χ4v) is 2.64. The number of hydrogen-bond donors (Lipinski definition) is 2. The van der Waals surface area contributed by atoms with Crippen LogP contribution in [0, 0.1) is 0 Å². The van der Waals surface area contributed by atoms with E-state index in [0.29, 0.717) is 6.54 Å². The van der Waals surface area contributed by atoms with Gasteiger partial charge in [0.15, 0.2) is 0 Å². The molecule has 0 saturated heterocycles. The number of anilines is 1. The Morgan fingerprint density at radius 2 is 1.57 bits per heavy atom. The second-order valence-electron chi connectivity index (χ2n) is 5.50. The number of nitrogens with one attached hydrogen (secondary N) is 2. The fourth-order valence-electron chi connectivity index (χ4n) is 2.64. The maximum atomic E-state index is 12.0. The lowest BCUT2D eigenvalue weighted by Gasteiger charge is -2.10. The number of carbonyl (C=O) groups is 1. The second-order valence-corrected chi connectivity index (χ2v) is 5.50. The molecule has 116 valence electrons. The van der Waals surface area contributed by atoms with Gasteiger partial charge < -0.3 is 10.6 Å². The average Bonchev–Trinajstić information content (AvgIpc) is 2.60. The molecule has 0 atom stereocenters. The molecule has 0 unspecified atom stereocenters. The molecule has 0 heterocycles. The van der Waals surface area contributed by atoms with Crippen LogP contribution in [0.3, 0.4) is 0 Å². The van der Waals surface area contributed by atoms with Gasteiger partial charge in [0, 0.05) is 11.9 Å². The molecule has 0 fully saturated rings. The predicted octanol–water partition coefficient (Wildman–Crippen LogP) is 4.59. The molecule has 0 bridgehead atoms. The third kappa shape index (κ3) is 4.10. The minimum Gasteiger partial charge on any atom is -0.338 e. The number of carbonyl (C=O) groups excluding carboxylic acids is 1. The van der Waals surface area contributed by atoms with Crippen LogP contribution < -0.4 is 10.6 Å². The van der Waals surface area contributed by atoms with Crippen molar-refractivity contribution in [1.82, 2.24) is 5.32 Å². The van der Waals surface area contributed by atoms with Gasteiger partial charge in [0.2, 0.25) is 0 Å². The van der Waals surface area contributed by atoms with Crippen molar-refractivity contribution in [3.05, 3.63) is 78.4 Å². The van der Waals surface area contributed by atoms with Crippen molar-refractivity contribution in [3.63, 3.8) is 0 Å². The van der Waals surface area contributed by atoms with Crippen LogP contribution in [-0.2, 0) is 6.42 Å². The van der Waals surface area contributed by atoms with E-state index in [1.54, 1.807) is 0 Å². The molecule has 2 amide bonds. The first-order chi connectivity index (χ1) is 11.3. The highest BCUT2D eigenvalue weighted by atomic mass is 16.2. The first-order valence-electron chi connectivity index (χ1n) is 7.89. The van der Waals surface area contributed by atoms with Gasteiger partial charge in [-0.25, -0.2) is 4.79 Å². The zero-order valence-corrected chi connectivity index (χ0v) is 13.0. The van der Waals surface area contributed by atoms with Gasteiger partial charge in [-0.2, -0.15) is 0 Å². The Labute approximate surface area is 136 Å². The molecule has 3 aromatic rings. The molecule has 0 aliphatic heterocycles. The predicted molar refractivity (Wildman–Crippen MR) is 95.7 cm³/mol. The van der Waals surface area contributed by atoms with E-state index < -0.39 is 0 Å². The van der Waals surface area contributed by atoms with E-state index in [1.165, 1.54) is 5.56 Å². The highest BCUT2D eigenvalue weighted by molar-refractivity contribution is 6.01. The smallest absolute Gasteiger partial charge is 0.319 e. The first kappa shape index (κ1) is 15.1. The van der Waals surface area contributed by atoms with Crippen LogP contribution in [0.4, 0.5) is 10.5 Å². The maximum absolute atomic E-state index is 12.0. The summed E-state index contributed by atoms with van der Waals surface area (Å²) in [7, 11) is 0. The quantitative estimate of drug-likeness (QED) is 0.665. The van der Waals surface area contributed by atoms with Crippen LogP contribution in [0.15, 0.2) is 72.8 Å². The normalized spacial score (nSPS) is 10.4. The number of hydrogen-bond acceptors (Lipinski definition) is 1. The summed E-state index contributed by atoms with van der Waals surface area (Å²) in [6.07, 6.45) is 1.89. The lowest BCUT2D eigenvalue weighted by molar-refractivity contribution is 0.252. The molecule has 0 saturated carbocycles. The summed E-state index contributed by atoms with van der Waals surface area (Å²) in [5.74, 6) is 0. The highest BCUT2D eigenvalue weighted by Gasteiger charge is 2.04. The van der Waals surface area contributed by atoms with Crippen LogP contribution in [0.25, 0.3) is 10.8 Å². The number of urea groups is 1. The zero-order valence-electron chi connectivity index (χ0n) is 13.0. The number of fused-ring (bicyclic) bond motifs is 1. The molecule has 3 nitrogen and oxygen atoms in total. The molecule has 2 N–H and O–H groups in total. The van der Waals surface area contributed by atoms with E-state index in [-0.39, 0.29) is 6.03 Å². The van der Waals surface area contributed by atoms with Gasteiger partial charge in [0.05, 0.1) is 5.69 Å². The Bertz CT molecular complexity index is 779. The summed E-state index contributed by atoms with van der Waals surface area (Å²) in [5.41, 5.74) is 2.13. The summed E-state index contributed by atoms with van der Waals surface area (Å²) in [6.45, 7) is 0.658. The summed E-state index contributed by atoms with van der Waals surface area (Å²) in [6, 6.07) is 24.1. The molecular formula is C20H20N2O. The molecule has 0 aliphatic rings. The highest BCUT2D eigenvalue weighted by Crippen LogP contribution is 2.22. The average molecular weight is 304 g/mol. The maximum Gasteiger partial charge on any atom is 0.319 e. The van der Waals surface area contributed by atoms with E-state index in [2.05, 4.69) is 22.8 Å². The lowest BCUT2D eigenvalue weighted by atomic mass is 10.1. The van der Waals surface area contributed by atoms with Crippen molar-refractivity contribution in [2.45, 2.75) is 12.8 Å². The summed E-state index contributed by atoms with van der Waals surface area (Å²) < 4.78 is 0. The van der Waals surface area contributed by atoms with E-state index in [9.17, 15) is 4.79 Å².